The van der Waals surface area contributed by atoms with E-state index in [1.54, 1.807) is 25.1 Å². The second kappa shape index (κ2) is 10.3. The minimum Gasteiger partial charge on any atom is -0.485 e. The van der Waals surface area contributed by atoms with Gasteiger partial charge in [0.1, 0.15) is 13.2 Å². The van der Waals surface area contributed by atoms with Gasteiger partial charge in [-0.15, -0.1) is 0 Å². The Bertz CT molecular complexity index is 913. The molecule has 0 aliphatic rings. The first-order valence-electron chi connectivity index (χ1n) is 9.54. The molecule has 0 fully saturated rings. The average Bonchev–Trinajstić information content (AvgIpc) is 2.77. The SMILES string of the molecule is CCOC(=N)C(O)c1ccc(OCc2ccccc2)c(OCc2ccccc2)c1. The summed E-state index contributed by atoms with van der Waals surface area (Å²) in [6.45, 7) is 2.87. The van der Waals surface area contributed by atoms with E-state index in [1.807, 2.05) is 60.7 Å². The number of hydrogen-bond acceptors (Lipinski definition) is 5. The van der Waals surface area contributed by atoms with E-state index in [9.17, 15) is 5.11 Å². The summed E-state index contributed by atoms with van der Waals surface area (Å²) in [5.74, 6) is 0.883. The molecule has 1 unspecified atom stereocenters. The van der Waals surface area contributed by atoms with E-state index in [1.165, 1.54) is 0 Å². The molecule has 2 N–H and O–H groups in total. The van der Waals surface area contributed by atoms with E-state index in [0.29, 0.717) is 36.9 Å². The molecule has 0 bridgehead atoms. The fourth-order valence-electron chi connectivity index (χ4n) is 2.78. The summed E-state index contributed by atoms with van der Waals surface area (Å²) in [4.78, 5) is 0. The molecule has 1 atom stereocenters. The van der Waals surface area contributed by atoms with Crippen LogP contribution in [-0.4, -0.2) is 17.6 Å². The second-order valence-electron chi connectivity index (χ2n) is 6.45. The first kappa shape index (κ1) is 20.4. The number of nitrogens with one attached hydrogen (secondary N) is 1. The normalized spacial score (nSPS) is 11.5. The summed E-state index contributed by atoms with van der Waals surface area (Å²) in [5.41, 5.74) is 2.58. The van der Waals surface area contributed by atoms with Crippen LogP contribution in [0.2, 0.25) is 0 Å². The largest absolute Gasteiger partial charge is 0.485 e. The van der Waals surface area contributed by atoms with Gasteiger partial charge in [0, 0.05) is 0 Å². The van der Waals surface area contributed by atoms with Gasteiger partial charge >= 0.3 is 0 Å². The molecule has 3 aromatic carbocycles. The van der Waals surface area contributed by atoms with Crippen molar-refractivity contribution in [2.75, 3.05) is 6.61 Å². The Kier molecular flexibility index (Phi) is 7.25. The van der Waals surface area contributed by atoms with Crippen molar-refractivity contribution in [3.8, 4) is 11.5 Å². The Morgan fingerprint density at radius 1 is 0.828 bits per heavy atom. The molecule has 29 heavy (non-hydrogen) atoms. The Labute approximate surface area is 171 Å². The molecule has 0 aliphatic heterocycles. The number of aliphatic hydroxyl groups is 1. The summed E-state index contributed by atoms with van der Waals surface area (Å²) < 4.78 is 17.1. The van der Waals surface area contributed by atoms with Gasteiger partial charge in [-0.1, -0.05) is 66.7 Å². The smallest absolute Gasteiger partial charge is 0.214 e. The highest BCUT2D eigenvalue weighted by atomic mass is 16.5. The lowest BCUT2D eigenvalue weighted by Gasteiger charge is -2.17. The van der Waals surface area contributed by atoms with Crippen LogP contribution in [0.4, 0.5) is 0 Å². The summed E-state index contributed by atoms with van der Waals surface area (Å²) in [6, 6.07) is 24.9. The molecule has 5 heteroatoms. The van der Waals surface area contributed by atoms with Crippen LogP contribution in [0.1, 0.15) is 29.7 Å². The predicted molar refractivity (Wildman–Crippen MR) is 112 cm³/mol. The van der Waals surface area contributed by atoms with E-state index in [0.717, 1.165) is 11.1 Å². The van der Waals surface area contributed by atoms with Gasteiger partial charge in [0.25, 0.3) is 0 Å². The third kappa shape index (κ3) is 5.83. The molecule has 0 radical (unpaired) electrons. The van der Waals surface area contributed by atoms with Crippen molar-refractivity contribution in [3.05, 3.63) is 95.6 Å². The Morgan fingerprint density at radius 3 is 1.93 bits per heavy atom. The molecule has 0 aliphatic carbocycles. The Morgan fingerprint density at radius 2 is 1.38 bits per heavy atom. The van der Waals surface area contributed by atoms with Gasteiger partial charge in [-0.3, -0.25) is 5.41 Å². The second-order valence-corrected chi connectivity index (χ2v) is 6.45. The van der Waals surface area contributed by atoms with E-state index in [4.69, 9.17) is 19.6 Å². The molecule has 0 amide bonds. The maximum absolute atomic E-state index is 10.4. The lowest BCUT2D eigenvalue weighted by atomic mass is 10.1. The highest BCUT2D eigenvalue weighted by Crippen LogP contribution is 2.32. The number of hydrogen-bond donors (Lipinski definition) is 2. The van der Waals surface area contributed by atoms with Crippen LogP contribution < -0.4 is 9.47 Å². The monoisotopic (exact) mass is 391 g/mol. The molecule has 0 aromatic heterocycles. The first-order valence-corrected chi connectivity index (χ1v) is 9.54. The van der Waals surface area contributed by atoms with Gasteiger partial charge in [0.2, 0.25) is 5.90 Å². The first-order chi connectivity index (χ1) is 14.2. The number of ether oxygens (including phenoxy) is 3. The van der Waals surface area contributed by atoms with Crippen molar-refractivity contribution in [2.24, 2.45) is 0 Å². The number of rotatable bonds is 9. The van der Waals surface area contributed by atoms with Gasteiger partial charge in [0.05, 0.1) is 6.61 Å². The van der Waals surface area contributed by atoms with Crippen LogP contribution in [0.15, 0.2) is 78.9 Å². The molecule has 0 saturated heterocycles. The minimum absolute atomic E-state index is 0.195. The molecule has 0 saturated carbocycles. The quantitative estimate of drug-likeness (QED) is 0.402. The molecule has 5 nitrogen and oxygen atoms in total. The third-order valence-electron chi connectivity index (χ3n) is 4.31. The lowest BCUT2D eigenvalue weighted by Crippen LogP contribution is -2.14. The zero-order valence-electron chi connectivity index (χ0n) is 16.4. The summed E-state index contributed by atoms with van der Waals surface area (Å²) >= 11 is 0. The van der Waals surface area contributed by atoms with Crippen LogP contribution in [0.5, 0.6) is 11.5 Å². The third-order valence-corrected chi connectivity index (χ3v) is 4.31. The highest BCUT2D eigenvalue weighted by Gasteiger charge is 2.18. The molecule has 3 rings (SSSR count). The zero-order chi connectivity index (χ0) is 20.5. The number of aliphatic hydroxyl groups excluding tert-OH is 1. The van der Waals surface area contributed by atoms with Crippen molar-refractivity contribution in [1.82, 2.24) is 0 Å². The standard InChI is InChI=1S/C24H25NO4/c1-2-27-24(25)23(26)20-13-14-21(28-16-18-9-5-3-6-10-18)22(15-20)29-17-19-11-7-4-8-12-19/h3-15,23,25-26H,2,16-17H2,1H3. The van der Waals surface area contributed by atoms with Crippen molar-refractivity contribution < 1.29 is 19.3 Å². The molecule has 0 heterocycles. The van der Waals surface area contributed by atoms with Crippen LogP contribution >= 0.6 is 0 Å². The van der Waals surface area contributed by atoms with Crippen LogP contribution in [0.3, 0.4) is 0 Å². The molecular formula is C24H25NO4. The topological polar surface area (TPSA) is 71.8 Å². The maximum Gasteiger partial charge on any atom is 0.214 e. The molecule has 0 spiro atoms. The molecule has 3 aromatic rings. The zero-order valence-corrected chi connectivity index (χ0v) is 16.4. The van der Waals surface area contributed by atoms with Gasteiger partial charge in [-0.2, -0.15) is 0 Å². The molecule has 150 valence electrons. The minimum atomic E-state index is -1.16. The van der Waals surface area contributed by atoms with E-state index in [2.05, 4.69) is 0 Å². The maximum atomic E-state index is 10.4. The van der Waals surface area contributed by atoms with Crippen molar-refractivity contribution in [2.45, 2.75) is 26.2 Å². The fraction of sp³-hybridized carbons (Fsp3) is 0.208. The van der Waals surface area contributed by atoms with Crippen LogP contribution in [0, 0.1) is 5.41 Å². The molecular weight excluding hydrogens is 366 g/mol. The number of benzene rings is 3. The van der Waals surface area contributed by atoms with E-state index < -0.39 is 6.10 Å². The van der Waals surface area contributed by atoms with Crippen molar-refractivity contribution in [1.29, 1.82) is 5.41 Å². The van der Waals surface area contributed by atoms with E-state index >= 15 is 0 Å². The Balaban J connectivity index is 1.80. The average molecular weight is 391 g/mol. The summed E-state index contributed by atoms with van der Waals surface area (Å²) in [6.07, 6.45) is -1.16. The van der Waals surface area contributed by atoms with Gasteiger partial charge in [-0.05, 0) is 35.7 Å². The van der Waals surface area contributed by atoms with Crippen molar-refractivity contribution in [3.63, 3.8) is 0 Å². The summed E-state index contributed by atoms with van der Waals surface area (Å²) in [7, 11) is 0. The Hall–Kier alpha value is -3.31. The fourth-order valence-corrected chi connectivity index (χ4v) is 2.78. The van der Waals surface area contributed by atoms with E-state index in [-0.39, 0.29) is 5.90 Å². The van der Waals surface area contributed by atoms with Gasteiger partial charge < -0.3 is 19.3 Å². The van der Waals surface area contributed by atoms with Crippen molar-refractivity contribution >= 4 is 5.90 Å². The highest BCUT2D eigenvalue weighted by molar-refractivity contribution is 5.79. The lowest BCUT2D eigenvalue weighted by molar-refractivity contribution is 0.189. The summed E-state index contributed by atoms with van der Waals surface area (Å²) in [5, 5.41) is 18.2. The van der Waals surface area contributed by atoms with Gasteiger partial charge in [0.15, 0.2) is 17.6 Å². The van der Waals surface area contributed by atoms with Crippen LogP contribution in [0.25, 0.3) is 0 Å². The van der Waals surface area contributed by atoms with Crippen LogP contribution in [-0.2, 0) is 18.0 Å². The predicted octanol–water partition coefficient (Wildman–Crippen LogP) is 4.89. The van der Waals surface area contributed by atoms with Gasteiger partial charge in [-0.25, -0.2) is 0 Å².